The van der Waals surface area contributed by atoms with Crippen molar-refractivity contribution in [2.24, 2.45) is 0 Å². The number of rotatable bonds is 8. The van der Waals surface area contributed by atoms with Crippen molar-refractivity contribution in [3.63, 3.8) is 0 Å². The van der Waals surface area contributed by atoms with Gasteiger partial charge in [0, 0.05) is 25.2 Å². The lowest BCUT2D eigenvalue weighted by Gasteiger charge is -2.37. The predicted octanol–water partition coefficient (Wildman–Crippen LogP) is 2.69. The summed E-state index contributed by atoms with van der Waals surface area (Å²) in [5.74, 6) is 1.57. The molecule has 3 rings (SSSR count). The van der Waals surface area contributed by atoms with Crippen LogP contribution in [0.5, 0.6) is 11.5 Å². The maximum atomic E-state index is 12.7. The van der Waals surface area contributed by atoms with Crippen LogP contribution in [0, 0.1) is 0 Å². The fourth-order valence-electron chi connectivity index (χ4n) is 3.20. The number of para-hydroxylation sites is 2. The second-order valence-electron chi connectivity index (χ2n) is 6.26. The third-order valence-corrected chi connectivity index (χ3v) is 4.53. The number of nitrogens with one attached hydrogen (secondary N) is 1. The number of hydrogen-bond acceptors (Lipinski definition) is 5. The van der Waals surface area contributed by atoms with Crippen LogP contribution in [-0.2, 0) is 9.53 Å². The van der Waals surface area contributed by atoms with E-state index in [1.54, 1.807) is 7.11 Å². The Morgan fingerprint density at radius 2 is 1.86 bits per heavy atom. The highest BCUT2D eigenvalue weighted by molar-refractivity contribution is 5.85. The first-order chi connectivity index (χ1) is 13.3. The van der Waals surface area contributed by atoms with Gasteiger partial charge in [-0.1, -0.05) is 36.4 Å². The summed E-state index contributed by atoms with van der Waals surface area (Å²) in [5.41, 5.74) is 1.01. The molecule has 0 spiro atoms. The van der Waals surface area contributed by atoms with Crippen LogP contribution in [0.2, 0.25) is 0 Å². The minimum Gasteiger partial charge on any atom is -0.496 e. The molecule has 1 fully saturated rings. The van der Waals surface area contributed by atoms with Gasteiger partial charge in [0.25, 0.3) is 0 Å². The second kappa shape index (κ2) is 11.5. The summed E-state index contributed by atoms with van der Waals surface area (Å²) >= 11 is 0. The number of nitrogens with zero attached hydrogens (tertiary/aromatic N) is 1. The topological polar surface area (TPSA) is 60.0 Å². The number of ether oxygens (including phenoxy) is 3. The molecule has 1 aliphatic rings. The van der Waals surface area contributed by atoms with Crippen LogP contribution < -0.4 is 14.8 Å². The molecular formula is C21H27ClN2O4. The molecule has 2 aromatic rings. The Kier molecular flexibility index (Phi) is 9.07. The van der Waals surface area contributed by atoms with Crippen LogP contribution in [0.1, 0.15) is 11.6 Å². The molecule has 1 amide bonds. The van der Waals surface area contributed by atoms with E-state index in [0.29, 0.717) is 26.3 Å². The first-order valence-corrected chi connectivity index (χ1v) is 9.18. The quantitative estimate of drug-likeness (QED) is 0.683. The van der Waals surface area contributed by atoms with Crippen LogP contribution in [0.4, 0.5) is 0 Å². The van der Waals surface area contributed by atoms with Crippen molar-refractivity contribution in [2.45, 2.75) is 6.04 Å². The van der Waals surface area contributed by atoms with Gasteiger partial charge in [-0.3, -0.25) is 4.79 Å². The minimum atomic E-state index is -0.0634. The number of amides is 1. The van der Waals surface area contributed by atoms with E-state index in [2.05, 4.69) is 5.32 Å². The molecule has 0 radical (unpaired) electrons. The lowest BCUT2D eigenvalue weighted by molar-refractivity contribution is -0.139. The van der Waals surface area contributed by atoms with E-state index in [4.69, 9.17) is 14.2 Å². The molecule has 0 aliphatic carbocycles. The van der Waals surface area contributed by atoms with E-state index in [-0.39, 0.29) is 31.0 Å². The largest absolute Gasteiger partial charge is 0.496 e. The molecule has 1 N–H and O–H groups in total. The highest BCUT2D eigenvalue weighted by Crippen LogP contribution is 2.30. The van der Waals surface area contributed by atoms with Crippen LogP contribution in [0.15, 0.2) is 54.6 Å². The van der Waals surface area contributed by atoms with Gasteiger partial charge >= 0.3 is 0 Å². The van der Waals surface area contributed by atoms with Crippen molar-refractivity contribution in [2.75, 3.05) is 46.6 Å². The Bertz CT molecular complexity index is 729. The third kappa shape index (κ3) is 5.86. The Hall–Kier alpha value is -2.28. The maximum absolute atomic E-state index is 12.7. The number of methoxy groups -OCH3 is 1. The molecule has 0 aromatic heterocycles. The third-order valence-electron chi connectivity index (χ3n) is 4.53. The van der Waals surface area contributed by atoms with Crippen LogP contribution in [0.3, 0.4) is 0 Å². The summed E-state index contributed by atoms with van der Waals surface area (Å²) in [4.78, 5) is 14.6. The van der Waals surface area contributed by atoms with Crippen molar-refractivity contribution in [1.82, 2.24) is 10.2 Å². The molecule has 0 saturated carbocycles. The number of piperazine rings is 1. The van der Waals surface area contributed by atoms with E-state index in [1.807, 2.05) is 59.5 Å². The monoisotopic (exact) mass is 406 g/mol. The van der Waals surface area contributed by atoms with Gasteiger partial charge in [0.15, 0.2) is 0 Å². The lowest BCUT2D eigenvalue weighted by atomic mass is 10.0. The van der Waals surface area contributed by atoms with Crippen LogP contribution >= 0.6 is 12.4 Å². The van der Waals surface area contributed by atoms with Gasteiger partial charge < -0.3 is 24.4 Å². The van der Waals surface area contributed by atoms with Gasteiger partial charge in [0.1, 0.15) is 24.7 Å². The molecule has 0 bridgehead atoms. The predicted molar refractivity (Wildman–Crippen MR) is 110 cm³/mol. The normalized spacial score (nSPS) is 16.2. The van der Waals surface area contributed by atoms with E-state index in [0.717, 1.165) is 23.6 Å². The van der Waals surface area contributed by atoms with Gasteiger partial charge in [-0.2, -0.15) is 0 Å². The summed E-state index contributed by atoms with van der Waals surface area (Å²) in [7, 11) is 1.65. The molecule has 2 aromatic carbocycles. The molecule has 1 aliphatic heterocycles. The lowest BCUT2D eigenvalue weighted by Crippen LogP contribution is -2.49. The van der Waals surface area contributed by atoms with E-state index in [9.17, 15) is 4.79 Å². The second-order valence-corrected chi connectivity index (χ2v) is 6.26. The summed E-state index contributed by atoms with van der Waals surface area (Å²) in [6, 6.07) is 17.3. The highest BCUT2D eigenvalue weighted by Gasteiger charge is 2.29. The first-order valence-electron chi connectivity index (χ1n) is 9.18. The highest BCUT2D eigenvalue weighted by atomic mass is 35.5. The van der Waals surface area contributed by atoms with Gasteiger partial charge in [-0.25, -0.2) is 0 Å². The van der Waals surface area contributed by atoms with E-state index < -0.39 is 0 Å². The Morgan fingerprint density at radius 3 is 2.64 bits per heavy atom. The number of benzene rings is 2. The maximum Gasteiger partial charge on any atom is 0.249 e. The zero-order chi connectivity index (χ0) is 18.9. The van der Waals surface area contributed by atoms with Gasteiger partial charge in [0.05, 0.1) is 19.8 Å². The van der Waals surface area contributed by atoms with Crippen molar-refractivity contribution >= 4 is 18.3 Å². The molecule has 1 saturated heterocycles. The van der Waals surface area contributed by atoms with E-state index >= 15 is 0 Å². The Labute approximate surface area is 172 Å². The SMILES string of the molecule is COc1ccccc1C1CNCCN1C(=O)COCCOc1ccccc1.Cl. The van der Waals surface area contributed by atoms with Crippen LogP contribution in [-0.4, -0.2) is 57.4 Å². The molecule has 1 heterocycles. The van der Waals surface area contributed by atoms with Crippen molar-refractivity contribution in [3.8, 4) is 11.5 Å². The van der Waals surface area contributed by atoms with Gasteiger partial charge in [0.2, 0.25) is 5.91 Å². The summed E-state index contributed by atoms with van der Waals surface area (Å²) in [6.07, 6.45) is 0. The molecule has 28 heavy (non-hydrogen) atoms. The van der Waals surface area contributed by atoms with Crippen molar-refractivity contribution in [3.05, 3.63) is 60.2 Å². The molecular weight excluding hydrogens is 380 g/mol. The van der Waals surface area contributed by atoms with Gasteiger partial charge in [-0.15, -0.1) is 12.4 Å². The van der Waals surface area contributed by atoms with E-state index in [1.165, 1.54) is 0 Å². The van der Waals surface area contributed by atoms with Crippen LogP contribution in [0.25, 0.3) is 0 Å². The average molecular weight is 407 g/mol. The Balaban J connectivity index is 0.00000280. The Morgan fingerprint density at radius 1 is 1.11 bits per heavy atom. The molecule has 1 atom stereocenters. The number of carbonyl (C=O) groups excluding carboxylic acids is 1. The summed E-state index contributed by atoms with van der Waals surface area (Å²) in [6.45, 7) is 2.94. The minimum absolute atomic E-state index is 0. The molecule has 6 nitrogen and oxygen atoms in total. The summed E-state index contributed by atoms with van der Waals surface area (Å²) in [5, 5.41) is 3.35. The fraction of sp³-hybridized carbons (Fsp3) is 0.381. The number of halogens is 1. The zero-order valence-corrected chi connectivity index (χ0v) is 16.8. The molecule has 1 unspecified atom stereocenters. The molecule has 7 heteroatoms. The fourth-order valence-corrected chi connectivity index (χ4v) is 3.20. The standard InChI is InChI=1S/C21H26N2O4.ClH/c1-25-20-10-6-5-9-18(20)19-15-22-11-12-23(19)21(24)16-26-13-14-27-17-7-3-2-4-8-17;/h2-10,19,22H,11-16H2,1H3;1H. The van der Waals surface area contributed by atoms with Gasteiger partial charge in [-0.05, 0) is 18.2 Å². The number of hydrogen-bond donors (Lipinski definition) is 1. The molecule has 152 valence electrons. The van der Waals surface area contributed by atoms with Crippen molar-refractivity contribution in [1.29, 1.82) is 0 Å². The smallest absolute Gasteiger partial charge is 0.249 e. The zero-order valence-electron chi connectivity index (χ0n) is 16.0. The average Bonchev–Trinajstić information content (AvgIpc) is 2.74. The summed E-state index contributed by atoms with van der Waals surface area (Å²) < 4.78 is 16.6. The number of carbonyl (C=O) groups is 1. The van der Waals surface area contributed by atoms with Crippen molar-refractivity contribution < 1.29 is 19.0 Å². The first kappa shape index (κ1) is 22.0.